The van der Waals surface area contributed by atoms with E-state index in [0.29, 0.717) is 26.0 Å². The lowest BCUT2D eigenvalue weighted by Gasteiger charge is -2.09. The predicted molar refractivity (Wildman–Crippen MR) is 82.4 cm³/mol. The lowest BCUT2D eigenvalue weighted by Crippen LogP contribution is -2.27. The Hall–Kier alpha value is -2.36. The molecule has 2 aromatic rings. The van der Waals surface area contributed by atoms with Crippen LogP contribution in [0.15, 0.2) is 48.5 Å². The van der Waals surface area contributed by atoms with Crippen molar-refractivity contribution in [3.63, 3.8) is 0 Å². The Balaban J connectivity index is 1.46. The molecule has 1 unspecified atom stereocenters. The average Bonchev–Trinajstić information content (AvgIpc) is 2.93. The molecule has 0 aliphatic carbocycles. The van der Waals surface area contributed by atoms with E-state index in [0.717, 1.165) is 16.9 Å². The lowest BCUT2D eigenvalue weighted by atomic mass is 9.97. The van der Waals surface area contributed by atoms with Gasteiger partial charge >= 0.3 is 0 Å². The van der Waals surface area contributed by atoms with Crippen LogP contribution in [-0.4, -0.2) is 19.1 Å². The largest absolute Gasteiger partial charge is 0.493 e. The van der Waals surface area contributed by atoms with Crippen molar-refractivity contribution in [2.75, 3.05) is 13.2 Å². The van der Waals surface area contributed by atoms with E-state index in [2.05, 4.69) is 5.32 Å². The Bertz CT molecular complexity index is 654. The van der Waals surface area contributed by atoms with E-state index in [4.69, 9.17) is 4.74 Å². The van der Waals surface area contributed by atoms with Crippen LogP contribution in [0.25, 0.3) is 0 Å². The Morgan fingerprint density at radius 1 is 1.18 bits per heavy atom. The molecule has 22 heavy (non-hydrogen) atoms. The van der Waals surface area contributed by atoms with E-state index >= 15 is 0 Å². The molecule has 1 amide bonds. The summed E-state index contributed by atoms with van der Waals surface area (Å²) in [6.07, 6.45) is 1.13. The fraction of sp³-hybridized carbons (Fsp3) is 0.278. The SMILES string of the molecule is O=C(CC1COc2ccccc21)NCCc1ccc(F)cc1. The number of rotatable bonds is 5. The van der Waals surface area contributed by atoms with E-state index in [1.165, 1.54) is 12.1 Å². The zero-order valence-corrected chi connectivity index (χ0v) is 12.2. The second kappa shape index (κ2) is 6.60. The summed E-state index contributed by atoms with van der Waals surface area (Å²) in [5.74, 6) is 0.786. The molecule has 0 aromatic heterocycles. The van der Waals surface area contributed by atoms with Crippen LogP contribution in [0, 0.1) is 5.82 Å². The molecule has 1 heterocycles. The summed E-state index contributed by atoms with van der Waals surface area (Å²) >= 11 is 0. The van der Waals surface area contributed by atoms with Crippen LogP contribution >= 0.6 is 0 Å². The molecule has 1 N–H and O–H groups in total. The third-order valence-corrected chi connectivity index (χ3v) is 3.88. The summed E-state index contributed by atoms with van der Waals surface area (Å²) in [4.78, 5) is 12.0. The number of halogens is 1. The number of hydrogen-bond donors (Lipinski definition) is 1. The smallest absolute Gasteiger partial charge is 0.220 e. The van der Waals surface area contributed by atoms with Crippen molar-refractivity contribution >= 4 is 5.91 Å². The first-order valence-electron chi connectivity index (χ1n) is 7.45. The van der Waals surface area contributed by atoms with Crippen LogP contribution in [0.1, 0.15) is 23.5 Å². The van der Waals surface area contributed by atoms with Gasteiger partial charge in [-0.3, -0.25) is 4.79 Å². The van der Waals surface area contributed by atoms with E-state index in [1.807, 2.05) is 24.3 Å². The fourth-order valence-electron chi connectivity index (χ4n) is 2.69. The summed E-state index contributed by atoms with van der Waals surface area (Å²) in [5.41, 5.74) is 2.12. The Kier molecular flexibility index (Phi) is 4.37. The summed E-state index contributed by atoms with van der Waals surface area (Å²) in [6, 6.07) is 14.2. The van der Waals surface area contributed by atoms with Gasteiger partial charge in [0.05, 0.1) is 6.61 Å². The van der Waals surface area contributed by atoms with E-state index in [-0.39, 0.29) is 17.6 Å². The molecular weight excluding hydrogens is 281 g/mol. The summed E-state index contributed by atoms with van der Waals surface area (Å²) in [6.45, 7) is 1.12. The molecule has 3 nitrogen and oxygen atoms in total. The number of carbonyl (C=O) groups excluding carboxylic acids is 1. The molecule has 0 radical (unpaired) electrons. The van der Waals surface area contributed by atoms with Gasteiger partial charge in [-0.1, -0.05) is 30.3 Å². The van der Waals surface area contributed by atoms with Crippen molar-refractivity contribution in [1.82, 2.24) is 5.32 Å². The highest BCUT2D eigenvalue weighted by Crippen LogP contribution is 2.35. The van der Waals surface area contributed by atoms with Crippen molar-refractivity contribution in [2.45, 2.75) is 18.8 Å². The number of nitrogens with one attached hydrogen (secondary N) is 1. The number of amides is 1. The van der Waals surface area contributed by atoms with Gasteiger partial charge in [-0.15, -0.1) is 0 Å². The van der Waals surface area contributed by atoms with Crippen LogP contribution < -0.4 is 10.1 Å². The van der Waals surface area contributed by atoms with Crippen molar-refractivity contribution in [3.05, 3.63) is 65.5 Å². The van der Waals surface area contributed by atoms with Crippen LogP contribution in [-0.2, 0) is 11.2 Å². The van der Waals surface area contributed by atoms with Gasteiger partial charge in [0, 0.05) is 24.4 Å². The van der Waals surface area contributed by atoms with Gasteiger partial charge in [-0.2, -0.15) is 0 Å². The highest BCUT2D eigenvalue weighted by atomic mass is 19.1. The number of ether oxygens (including phenoxy) is 1. The Morgan fingerprint density at radius 2 is 1.95 bits per heavy atom. The highest BCUT2D eigenvalue weighted by molar-refractivity contribution is 5.77. The number of para-hydroxylation sites is 1. The predicted octanol–water partition coefficient (Wildman–Crippen LogP) is 3.05. The van der Waals surface area contributed by atoms with Crippen molar-refractivity contribution in [1.29, 1.82) is 0 Å². The first kappa shape index (κ1) is 14.6. The number of fused-ring (bicyclic) bond motifs is 1. The van der Waals surface area contributed by atoms with E-state index < -0.39 is 0 Å². The van der Waals surface area contributed by atoms with Gasteiger partial charge in [0.15, 0.2) is 0 Å². The van der Waals surface area contributed by atoms with Gasteiger partial charge in [0.1, 0.15) is 11.6 Å². The Morgan fingerprint density at radius 3 is 2.77 bits per heavy atom. The fourth-order valence-corrected chi connectivity index (χ4v) is 2.69. The first-order chi connectivity index (χ1) is 10.7. The molecular formula is C18H18FNO2. The van der Waals surface area contributed by atoms with Gasteiger partial charge in [0.25, 0.3) is 0 Å². The third-order valence-electron chi connectivity index (χ3n) is 3.88. The topological polar surface area (TPSA) is 38.3 Å². The minimum Gasteiger partial charge on any atom is -0.493 e. The van der Waals surface area contributed by atoms with Gasteiger partial charge in [-0.25, -0.2) is 4.39 Å². The molecule has 1 atom stereocenters. The highest BCUT2D eigenvalue weighted by Gasteiger charge is 2.25. The molecule has 1 aliphatic heterocycles. The maximum Gasteiger partial charge on any atom is 0.220 e. The summed E-state index contributed by atoms with van der Waals surface area (Å²) < 4.78 is 18.4. The number of benzene rings is 2. The first-order valence-corrected chi connectivity index (χ1v) is 7.45. The minimum absolute atomic E-state index is 0.0208. The molecule has 3 rings (SSSR count). The quantitative estimate of drug-likeness (QED) is 0.921. The molecule has 0 saturated heterocycles. The van der Waals surface area contributed by atoms with Crippen molar-refractivity contribution < 1.29 is 13.9 Å². The van der Waals surface area contributed by atoms with Crippen molar-refractivity contribution in [3.8, 4) is 5.75 Å². The van der Waals surface area contributed by atoms with Crippen molar-refractivity contribution in [2.24, 2.45) is 0 Å². The molecule has 0 spiro atoms. The number of carbonyl (C=O) groups is 1. The van der Waals surface area contributed by atoms with Gasteiger partial charge in [-0.05, 0) is 30.2 Å². The normalized spacial score (nSPS) is 16.0. The molecule has 0 bridgehead atoms. The van der Waals surface area contributed by atoms with Crippen LogP contribution in [0.2, 0.25) is 0 Å². The molecule has 1 aliphatic rings. The summed E-state index contributed by atoms with van der Waals surface area (Å²) in [7, 11) is 0. The monoisotopic (exact) mass is 299 g/mol. The second-order valence-corrected chi connectivity index (χ2v) is 5.48. The van der Waals surface area contributed by atoms with Crippen LogP contribution in [0.4, 0.5) is 4.39 Å². The molecule has 0 saturated carbocycles. The summed E-state index contributed by atoms with van der Waals surface area (Å²) in [5, 5.41) is 2.92. The maximum absolute atomic E-state index is 12.8. The standard InChI is InChI=1S/C18H18FNO2/c19-15-7-5-13(6-8-15)9-10-20-18(21)11-14-12-22-17-4-2-1-3-16(14)17/h1-8,14H,9-12H2,(H,20,21). The third kappa shape index (κ3) is 3.45. The van der Waals surface area contributed by atoms with Crippen LogP contribution in [0.3, 0.4) is 0 Å². The van der Waals surface area contributed by atoms with E-state index in [9.17, 15) is 9.18 Å². The zero-order valence-electron chi connectivity index (χ0n) is 12.2. The molecule has 2 aromatic carbocycles. The number of hydrogen-bond acceptors (Lipinski definition) is 2. The second-order valence-electron chi connectivity index (χ2n) is 5.48. The van der Waals surface area contributed by atoms with Gasteiger partial charge in [0.2, 0.25) is 5.91 Å². The molecule has 114 valence electrons. The maximum atomic E-state index is 12.8. The average molecular weight is 299 g/mol. The zero-order chi connectivity index (χ0) is 15.4. The Labute approximate surface area is 129 Å². The minimum atomic E-state index is -0.243. The van der Waals surface area contributed by atoms with E-state index in [1.54, 1.807) is 12.1 Å². The lowest BCUT2D eigenvalue weighted by molar-refractivity contribution is -0.121. The van der Waals surface area contributed by atoms with Gasteiger partial charge < -0.3 is 10.1 Å². The van der Waals surface area contributed by atoms with Crippen LogP contribution in [0.5, 0.6) is 5.75 Å². The molecule has 0 fully saturated rings. The molecule has 4 heteroatoms.